The van der Waals surface area contributed by atoms with Crippen LogP contribution in [0, 0.1) is 34.5 Å². The summed E-state index contributed by atoms with van der Waals surface area (Å²) in [6.07, 6.45) is 24.1. The smallest absolute Gasteiger partial charge is 0.0798 e. The summed E-state index contributed by atoms with van der Waals surface area (Å²) < 4.78 is 0. The summed E-state index contributed by atoms with van der Waals surface area (Å²) in [6, 6.07) is 0. The van der Waals surface area contributed by atoms with Crippen LogP contribution in [0.2, 0.25) is 0 Å². The topological polar surface area (TPSA) is 6.48 Å². The standard InChI is InChI=1S/C29H50N2/c1-27-16-10-12-25(27)24-14-13-23-11-9-17-29(30-19-5-3-6-20-30,31-21-7-4-8-22-31)28(23,2)26(24)15-18-27/h23-26H,3-22H2,1-2H3/t23?,24-,25-,26-,27-,28-/m0/s1. The van der Waals surface area contributed by atoms with Gasteiger partial charge in [0.2, 0.25) is 0 Å². The van der Waals surface area contributed by atoms with Gasteiger partial charge in [-0.3, -0.25) is 9.80 Å². The summed E-state index contributed by atoms with van der Waals surface area (Å²) in [5.41, 5.74) is 1.59. The summed E-state index contributed by atoms with van der Waals surface area (Å²) in [6.45, 7) is 11.1. The molecule has 6 rings (SSSR count). The van der Waals surface area contributed by atoms with Crippen molar-refractivity contribution in [2.75, 3.05) is 26.2 Å². The number of fused-ring (bicyclic) bond motifs is 5. The normalized spacial score (nSPS) is 48.6. The molecule has 2 nitrogen and oxygen atoms in total. The molecule has 31 heavy (non-hydrogen) atoms. The highest BCUT2D eigenvalue weighted by Gasteiger charge is 2.67. The van der Waals surface area contributed by atoms with Crippen molar-refractivity contribution in [2.45, 2.75) is 122 Å². The number of hydrogen-bond donors (Lipinski definition) is 0. The molecule has 6 fully saturated rings. The van der Waals surface area contributed by atoms with Gasteiger partial charge in [0, 0.05) is 5.41 Å². The van der Waals surface area contributed by atoms with Crippen molar-refractivity contribution in [2.24, 2.45) is 34.5 Å². The van der Waals surface area contributed by atoms with Crippen molar-refractivity contribution in [3.8, 4) is 0 Å². The highest BCUT2D eigenvalue weighted by molar-refractivity contribution is 5.17. The Morgan fingerprint density at radius 1 is 0.548 bits per heavy atom. The third-order valence-electron chi connectivity index (χ3n) is 12.4. The van der Waals surface area contributed by atoms with E-state index in [2.05, 4.69) is 23.6 Å². The Morgan fingerprint density at radius 3 is 1.87 bits per heavy atom. The van der Waals surface area contributed by atoms with Crippen molar-refractivity contribution < 1.29 is 0 Å². The van der Waals surface area contributed by atoms with Crippen LogP contribution >= 0.6 is 0 Å². The fourth-order valence-corrected chi connectivity index (χ4v) is 11.1. The first kappa shape index (κ1) is 21.5. The lowest BCUT2D eigenvalue weighted by atomic mass is 9.42. The van der Waals surface area contributed by atoms with Crippen LogP contribution in [0.15, 0.2) is 0 Å². The van der Waals surface area contributed by atoms with E-state index in [1.807, 2.05) is 0 Å². The molecule has 2 heterocycles. The van der Waals surface area contributed by atoms with E-state index in [0.29, 0.717) is 16.5 Å². The zero-order valence-corrected chi connectivity index (χ0v) is 20.8. The molecule has 0 aromatic carbocycles. The number of hydrogen-bond acceptors (Lipinski definition) is 2. The molecular formula is C29H50N2. The minimum atomic E-state index is 0.381. The van der Waals surface area contributed by atoms with E-state index < -0.39 is 0 Å². The van der Waals surface area contributed by atoms with Crippen LogP contribution < -0.4 is 0 Å². The zero-order chi connectivity index (χ0) is 21.1. The molecule has 0 spiro atoms. The van der Waals surface area contributed by atoms with Gasteiger partial charge in [0.15, 0.2) is 0 Å². The molecule has 0 bridgehead atoms. The predicted octanol–water partition coefficient (Wildman–Crippen LogP) is 7.09. The van der Waals surface area contributed by atoms with Crippen molar-refractivity contribution in [1.82, 2.24) is 9.80 Å². The summed E-state index contributed by atoms with van der Waals surface area (Å²) >= 11 is 0. The average Bonchev–Trinajstić information content (AvgIpc) is 3.21. The molecular weight excluding hydrogens is 376 g/mol. The predicted molar refractivity (Wildman–Crippen MR) is 130 cm³/mol. The maximum Gasteiger partial charge on any atom is 0.0798 e. The van der Waals surface area contributed by atoms with Crippen LogP contribution in [-0.2, 0) is 0 Å². The van der Waals surface area contributed by atoms with Gasteiger partial charge in [-0.25, -0.2) is 0 Å². The van der Waals surface area contributed by atoms with Gasteiger partial charge in [0.1, 0.15) is 0 Å². The van der Waals surface area contributed by atoms with Gasteiger partial charge in [-0.05, 0) is 139 Å². The Kier molecular flexibility index (Phi) is 5.54. The molecule has 0 radical (unpaired) electrons. The fraction of sp³-hybridized carbons (Fsp3) is 1.00. The molecule has 1 unspecified atom stereocenters. The molecule has 4 aliphatic carbocycles. The van der Waals surface area contributed by atoms with Crippen molar-refractivity contribution >= 4 is 0 Å². The van der Waals surface area contributed by atoms with Crippen LogP contribution in [0.25, 0.3) is 0 Å². The van der Waals surface area contributed by atoms with Gasteiger partial charge in [0.25, 0.3) is 0 Å². The Morgan fingerprint density at radius 2 is 1.19 bits per heavy atom. The first-order valence-electron chi connectivity index (χ1n) is 14.6. The van der Waals surface area contributed by atoms with Crippen LogP contribution in [0.3, 0.4) is 0 Å². The monoisotopic (exact) mass is 426 g/mol. The average molecular weight is 427 g/mol. The second-order valence-corrected chi connectivity index (χ2v) is 13.3. The first-order chi connectivity index (χ1) is 15.1. The third-order valence-corrected chi connectivity index (χ3v) is 12.4. The molecule has 6 atom stereocenters. The van der Waals surface area contributed by atoms with E-state index >= 15 is 0 Å². The van der Waals surface area contributed by atoms with Crippen LogP contribution in [0.4, 0.5) is 0 Å². The fourth-order valence-electron chi connectivity index (χ4n) is 11.1. The minimum Gasteiger partial charge on any atom is -0.285 e. The maximum absolute atomic E-state index is 3.12. The SMILES string of the molecule is C[C@@]12CCC[C@H]1[C@@H]1CCC3CCCC(N4CCCCC4)(N4CCCCC4)[C@]3(C)[C@H]1CC2. The second kappa shape index (κ2) is 8.00. The molecule has 2 saturated heterocycles. The van der Waals surface area contributed by atoms with Gasteiger partial charge in [-0.2, -0.15) is 0 Å². The van der Waals surface area contributed by atoms with E-state index in [1.165, 1.54) is 103 Å². The number of piperidine rings is 2. The first-order valence-corrected chi connectivity index (χ1v) is 14.6. The molecule has 6 aliphatic rings. The zero-order valence-electron chi connectivity index (χ0n) is 20.8. The van der Waals surface area contributed by atoms with E-state index in [4.69, 9.17) is 0 Å². The molecule has 4 saturated carbocycles. The number of nitrogens with zero attached hydrogens (tertiary/aromatic N) is 2. The highest BCUT2D eigenvalue weighted by Crippen LogP contribution is 2.69. The van der Waals surface area contributed by atoms with E-state index in [-0.39, 0.29) is 0 Å². The molecule has 0 N–H and O–H groups in total. The highest BCUT2D eigenvalue weighted by atomic mass is 15.4. The van der Waals surface area contributed by atoms with E-state index in [0.717, 1.165) is 23.7 Å². The quantitative estimate of drug-likeness (QED) is 0.465. The minimum absolute atomic E-state index is 0.381. The summed E-state index contributed by atoms with van der Waals surface area (Å²) in [7, 11) is 0. The van der Waals surface area contributed by atoms with Gasteiger partial charge >= 0.3 is 0 Å². The molecule has 0 amide bonds. The van der Waals surface area contributed by atoms with Crippen LogP contribution in [-0.4, -0.2) is 41.6 Å². The molecule has 0 aromatic heterocycles. The van der Waals surface area contributed by atoms with Gasteiger partial charge in [-0.1, -0.05) is 33.1 Å². The van der Waals surface area contributed by atoms with Crippen LogP contribution in [0.1, 0.15) is 117 Å². The van der Waals surface area contributed by atoms with E-state index in [1.54, 1.807) is 25.7 Å². The van der Waals surface area contributed by atoms with Crippen molar-refractivity contribution in [1.29, 1.82) is 0 Å². The Hall–Kier alpha value is -0.0800. The lowest BCUT2D eigenvalue weighted by molar-refractivity contribution is -0.250. The maximum atomic E-state index is 3.12. The Bertz CT molecular complexity index is 629. The van der Waals surface area contributed by atoms with Crippen LogP contribution in [0.5, 0.6) is 0 Å². The van der Waals surface area contributed by atoms with Crippen molar-refractivity contribution in [3.05, 3.63) is 0 Å². The Balaban J connectivity index is 1.44. The summed E-state index contributed by atoms with van der Waals surface area (Å²) in [5, 5.41) is 0. The summed E-state index contributed by atoms with van der Waals surface area (Å²) in [4.78, 5) is 6.25. The number of likely N-dealkylation sites (tertiary alicyclic amines) is 2. The van der Waals surface area contributed by atoms with Gasteiger partial charge in [-0.15, -0.1) is 0 Å². The summed E-state index contributed by atoms with van der Waals surface area (Å²) in [5.74, 6) is 4.06. The molecule has 176 valence electrons. The third kappa shape index (κ3) is 3.02. The second-order valence-electron chi connectivity index (χ2n) is 13.3. The van der Waals surface area contributed by atoms with Crippen molar-refractivity contribution in [3.63, 3.8) is 0 Å². The van der Waals surface area contributed by atoms with E-state index in [9.17, 15) is 0 Å². The molecule has 0 aromatic rings. The Labute approximate surface area is 192 Å². The lowest BCUT2D eigenvalue weighted by Crippen LogP contribution is -2.76. The largest absolute Gasteiger partial charge is 0.285 e. The van der Waals surface area contributed by atoms with Gasteiger partial charge < -0.3 is 0 Å². The van der Waals surface area contributed by atoms with Gasteiger partial charge in [0.05, 0.1) is 5.66 Å². The lowest BCUT2D eigenvalue weighted by Gasteiger charge is -2.72. The molecule has 2 aliphatic heterocycles. The molecule has 2 heteroatoms. The number of rotatable bonds is 2.